The standard InChI is InChI=1S/C12H16ClN3/c1-9(6-14)7-16(2)8-10-5-11(13)3-4-12(10)15/h3-5,9H,7-8,15H2,1-2H3. The van der Waals surface area contributed by atoms with Crippen LogP contribution in [-0.2, 0) is 6.54 Å². The van der Waals surface area contributed by atoms with Crippen LogP contribution in [0.2, 0.25) is 5.02 Å². The fourth-order valence-electron chi connectivity index (χ4n) is 1.57. The SMILES string of the molecule is CC(C#N)CN(C)Cc1cc(Cl)ccc1N. The molecule has 1 aromatic carbocycles. The van der Waals surface area contributed by atoms with Crippen LogP contribution < -0.4 is 5.73 Å². The number of hydrogen-bond donors (Lipinski definition) is 1. The Labute approximate surface area is 101 Å². The molecule has 16 heavy (non-hydrogen) atoms. The Morgan fingerprint density at radius 2 is 2.25 bits per heavy atom. The number of nitrogen functional groups attached to an aromatic ring is 1. The molecule has 3 nitrogen and oxygen atoms in total. The minimum Gasteiger partial charge on any atom is -0.398 e. The molecular formula is C12H16ClN3. The molecule has 1 atom stereocenters. The molecule has 0 fully saturated rings. The zero-order chi connectivity index (χ0) is 12.1. The Hall–Kier alpha value is -1.24. The summed E-state index contributed by atoms with van der Waals surface area (Å²) in [5.41, 5.74) is 7.59. The van der Waals surface area contributed by atoms with Crippen molar-refractivity contribution in [3.63, 3.8) is 0 Å². The van der Waals surface area contributed by atoms with E-state index in [1.54, 1.807) is 12.1 Å². The summed E-state index contributed by atoms with van der Waals surface area (Å²) in [6, 6.07) is 7.66. The van der Waals surface area contributed by atoms with Gasteiger partial charge in [-0.15, -0.1) is 0 Å². The normalized spacial score (nSPS) is 12.4. The van der Waals surface area contributed by atoms with Crippen LogP contribution >= 0.6 is 11.6 Å². The first-order valence-corrected chi connectivity index (χ1v) is 5.52. The van der Waals surface area contributed by atoms with E-state index in [9.17, 15) is 0 Å². The highest BCUT2D eigenvalue weighted by atomic mass is 35.5. The predicted octanol–water partition coefficient (Wildman–Crippen LogP) is 2.51. The highest BCUT2D eigenvalue weighted by molar-refractivity contribution is 6.30. The number of benzene rings is 1. The number of nitrogens with two attached hydrogens (primary N) is 1. The maximum atomic E-state index is 8.73. The van der Waals surface area contributed by atoms with E-state index in [4.69, 9.17) is 22.6 Å². The predicted molar refractivity (Wildman–Crippen MR) is 67.0 cm³/mol. The van der Waals surface area contributed by atoms with Gasteiger partial charge in [-0.1, -0.05) is 11.6 Å². The summed E-state index contributed by atoms with van der Waals surface area (Å²) in [4.78, 5) is 2.07. The van der Waals surface area contributed by atoms with Gasteiger partial charge in [0.1, 0.15) is 0 Å². The summed E-state index contributed by atoms with van der Waals surface area (Å²) < 4.78 is 0. The zero-order valence-corrected chi connectivity index (χ0v) is 10.3. The van der Waals surface area contributed by atoms with E-state index in [1.165, 1.54) is 0 Å². The Morgan fingerprint density at radius 3 is 2.88 bits per heavy atom. The molecule has 1 rings (SSSR count). The van der Waals surface area contributed by atoms with E-state index in [0.29, 0.717) is 11.6 Å². The summed E-state index contributed by atoms with van der Waals surface area (Å²) in [6.45, 7) is 3.33. The summed E-state index contributed by atoms with van der Waals surface area (Å²) in [7, 11) is 1.97. The monoisotopic (exact) mass is 237 g/mol. The van der Waals surface area contributed by atoms with Gasteiger partial charge in [-0.2, -0.15) is 5.26 Å². The fraction of sp³-hybridized carbons (Fsp3) is 0.417. The van der Waals surface area contributed by atoms with Crippen molar-refractivity contribution in [2.24, 2.45) is 5.92 Å². The van der Waals surface area contributed by atoms with Gasteiger partial charge in [-0.25, -0.2) is 0 Å². The molecule has 2 N–H and O–H groups in total. The molecule has 1 aromatic rings. The Morgan fingerprint density at radius 1 is 1.56 bits per heavy atom. The van der Waals surface area contributed by atoms with Crippen LogP contribution in [0.15, 0.2) is 18.2 Å². The smallest absolute Gasteiger partial charge is 0.0666 e. The van der Waals surface area contributed by atoms with E-state index in [0.717, 1.165) is 17.8 Å². The van der Waals surface area contributed by atoms with Crippen LogP contribution in [0.1, 0.15) is 12.5 Å². The molecule has 0 heterocycles. The second kappa shape index (κ2) is 5.74. The lowest BCUT2D eigenvalue weighted by atomic mass is 10.1. The van der Waals surface area contributed by atoms with Crippen molar-refractivity contribution in [3.8, 4) is 6.07 Å². The average Bonchev–Trinajstić information content (AvgIpc) is 2.23. The maximum absolute atomic E-state index is 8.73. The molecule has 4 heteroatoms. The minimum atomic E-state index is 0.0189. The lowest BCUT2D eigenvalue weighted by Crippen LogP contribution is -2.23. The van der Waals surface area contributed by atoms with Crippen molar-refractivity contribution < 1.29 is 0 Å². The van der Waals surface area contributed by atoms with Crippen LogP contribution in [0.5, 0.6) is 0 Å². The molecule has 1 unspecified atom stereocenters. The van der Waals surface area contributed by atoms with Crippen LogP contribution in [0.25, 0.3) is 0 Å². The second-order valence-corrected chi connectivity index (χ2v) is 4.51. The quantitative estimate of drug-likeness (QED) is 0.819. The molecule has 0 radical (unpaired) electrons. The third kappa shape index (κ3) is 3.73. The Bertz CT molecular complexity index is 398. The van der Waals surface area contributed by atoms with Crippen molar-refractivity contribution in [1.29, 1.82) is 5.26 Å². The molecule has 0 aliphatic rings. The van der Waals surface area contributed by atoms with Crippen molar-refractivity contribution in [3.05, 3.63) is 28.8 Å². The number of nitrogens with zero attached hydrogens (tertiary/aromatic N) is 2. The highest BCUT2D eigenvalue weighted by Gasteiger charge is 2.08. The summed E-state index contributed by atoms with van der Waals surface area (Å²) >= 11 is 5.91. The summed E-state index contributed by atoms with van der Waals surface area (Å²) in [5.74, 6) is 0.0189. The van der Waals surface area contributed by atoms with Gasteiger partial charge in [0.05, 0.1) is 12.0 Å². The number of halogens is 1. The first-order valence-electron chi connectivity index (χ1n) is 5.15. The van der Waals surface area contributed by atoms with Gasteiger partial charge in [-0.3, -0.25) is 0 Å². The van der Waals surface area contributed by atoms with E-state index in [1.807, 2.05) is 20.0 Å². The van der Waals surface area contributed by atoms with Crippen LogP contribution in [0.4, 0.5) is 5.69 Å². The molecule has 0 aliphatic heterocycles. The second-order valence-electron chi connectivity index (χ2n) is 4.07. The number of rotatable bonds is 4. The van der Waals surface area contributed by atoms with Gasteiger partial charge in [0, 0.05) is 23.8 Å². The molecule has 86 valence electrons. The van der Waals surface area contributed by atoms with Crippen molar-refractivity contribution >= 4 is 17.3 Å². The van der Waals surface area contributed by atoms with E-state index < -0.39 is 0 Å². The first-order chi connectivity index (χ1) is 7.52. The molecule has 0 saturated carbocycles. The van der Waals surface area contributed by atoms with Crippen molar-refractivity contribution in [2.75, 3.05) is 19.3 Å². The first kappa shape index (κ1) is 12.8. The van der Waals surface area contributed by atoms with Gasteiger partial charge >= 0.3 is 0 Å². The van der Waals surface area contributed by atoms with Crippen molar-refractivity contribution in [2.45, 2.75) is 13.5 Å². The van der Waals surface area contributed by atoms with Gasteiger partial charge in [0.15, 0.2) is 0 Å². The van der Waals surface area contributed by atoms with Gasteiger partial charge in [0.25, 0.3) is 0 Å². The molecule has 0 aromatic heterocycles. The molecule has 0 aliphatic carbocycles. The van der Waals surface area contributed by atoms with Gasteiger partial charge in [0.2, 0.25) is 0 Å². The van der Waals surface area contributed by atoms with Gasteiger partial charge in [-0.05, 0) is 37.7 Å². The van der Waals surface area contributed by atoms with E-state index in [2.05, 4.69) is 11.0 Å². The Balaban J connectivity index is 2.66. The largest absolute Gasteiger partial charge is 0.398 e. The lowest BCUT2D eigenvalue weighted by molar-refractivity contribution is 0.303. The molecule has 0 amide bonds. The van der Waals surface area contributed by atoms with Crippen molar-refractivity contribution in [1.82, 2.24) is 4.90 Å². The topological polar surface area (TPSA) is 53.0 Å². The highest BCUT2D eigenvalue weighted by Crippen LogP contribution is 2.19. The van der Waals surface area contributed by atoms with Crippen LogP contribution in [0, 0.1) is 17.2 Å². The molecular weight excluding hydrogens is 222 g/mol. The van der Waals surface area contributed by atoms with Crippen LogP contribution in [-0.4, -0.2) is 18.5 Å². The molecule has 0 spiro atoms. The Kier molecular flexibility index (Phi) is 4.60. The van der Waals surface area contributed by atoms with Crippen LogP contribution in [0.3, 0.4) is 0 Å². The molecule has 0 saturated heterocycles. The fourth-order valence-corrected chi connectivity index (χ4v) is 1.77. The average molecular weight is 238 g/mol. The summed E-state index contributed by atoms with van der Waals surface area (Å²) in [6.07, 6.45) is 0. The number of hydrogen-bond acceptors (Lipinski definition) is 3. The zero-order valence-electron chi connectivity index (χ0n) is 9.57. The molecule has 0 bridgehead atoms. The van der Waals surface area contributed by atoms with Gasteiger partial charge < -0.3 is 10.6 Å². The third-order valence-electron chi connectivity index (χ3n) is 2.35. The minimum absolute atomic E-state index is 0.0189. The number of nitriles is 1. The number of anilines is 1. The summed E-state index contributed by atoms with van der Waals surface area (Å²) in [5, 5.41) is 9.41. The van der Waals surface area contributed by atoms with E-state index in [-0.39, 0.29) is 5.92 Å². The maximum Gasteiger partial charge on any atom is 0.0666 e. The lowest BCUT2D eigenvalue weighted by Gasteiger charge is -2.18. The third-order valence-corrected chi connectivity index (χ3v) is 2.59. The van der Waals surface area contributed by atoms with E-state index >= 15 is 0 Å².